The van der Waals surface area contributed by atoms with E-state index >= 15 is 0 Å². The molecule has 0 saturated heterocycles. The van der Waals surface area contributed by atoms with Crippen LogP contribution >= 0.6 is 11.6 Å². The van der Waals surface area contributed by atoms with Crippen LogP contribution in [0, 0.1) is 12.7 Å². The maximum Gasteiger partial charge on any atom is 0.277 e. The lowest BCUT2D eigenvalue weighted by Crippen LogP contribution is -2.64. The number of furan rings is 1. The van der Waals surface area contributed by atoms with Crippen LogP contribution < -0.4 is 10.2 Å². The average Bonchev–Trinajstić information content (AvgIpc) is 3.51. The summed E-state index contributed by atoms with van der Waals surface area (Å²) in [6, 6.07) is 16.3. The lowest BCUT2D eigenvalue weighted by molar-refractivity contribution is -0.126. The molecule has 2 amide bonds. The normalized spacial score (nSPS) is 17.4. The standard InChI is InChI=1S/C26H22ClFN4O3/c1-16-5-10-19(12-20(16)27)32-24(33)22-13-21(23-4-3-11-35-23)30-31(22)15-26(32,2)25(34)29-14-17-6-8-18(28)9-7-17/h3-13H,14-15H2,1-2H3,(H,29,34)/t26-/m0/s1. The van der Waals surface area contributed by atoms with Gasteiger partial charge in [0, 0.05) is 23.3 Å². The molecule has 0 unspecified atom stereocenters. The van der Waals surface area contributed by atoms with Crippen molar-refractivity contribution in [3.8, 4) is 11.5 Å². The SMILES string of the molecule is Cc1ccc(N2C(=O)c3cc(-c4ccco4)nn3C[C@@]2(C)C(=O)NCc2ccc(F)cc2)cc1Cl. The highest BCUT2D eigenvalue weighted by Crippen LogP contribution is 2.36. The van der Waals surface area contributed by atoms with Gasteiger partial charge in [0.15, 0.2) is 5.76 Å². The van der Waals surface area contributed by atoms with Gasteiger partial charge in [-0.25, -0.2) is 4.39 Å². The summed E-state index contributed by atoms with van der Waals surface area (Å²) < 4.78 is 20.2. The van der Waals surface area contributed by atoms with E-state index in [2.05, 4.69) is 10.4 Å². The van der Waals surface area contributed by atoms with Crippen LogP contribution in [-0.4, -0.2) is 27.1 Å². The van der Waals surface area contributed by atoms with Gasteiger partial charge in [0.05, 0.1) is 12.8 Å². The number of carbonyl (C=O) groups excluding carboxylic acids is 2. The molecule has 4 aromatic rings. The first-order chi connectivity index (χ1) is 16.8. The Labute approximate surface area is 206 Å². The minimum atomic E-state index is -1.32. The van der Waals surface area contributed by atoms with E-state index < -0.39 is 5.54 Å². The Kier molecular flexibility index (Phi) is 5.68. The Morgan fingerprint density at radius 3 is 2.66 bits per heavy atom. The average molecular weight is 493 g/mol. The topological polar surface area (TPSA) is 80.4 Å². The van der Waals surface area contributed by atoms with Crippen LogP contribution in [-0.2, 0) is 17.9 Å². The molecule has 0 spiro atoms. The van der Waals surface area contributed by atoms with Crippen LogP contribution in [0.4, 0.5) is 10.1 Å². The third-order valence-corrected chi connectivity index (χ3v) is 6.60. The number of amides is 2. The van der Waals surface area contributed by atoms with E-state index in [0.29, 0.717) is 27.9 Å². The predicted octanol–water partition coefficient (Wildman–Crippen LogP) is 4.98. The van der Waals surface area contributed by atoms with Crippen LogP contribution in [0.1, 0.15) is 28.5 Å². The highest BCUT2D eigenvalue weighted by atomic mass is 35.5. The van der Waals surface area contributed by atoms with Gasteiger partial charge in [-0.15, -0.1) is 0 Å². The minimum Gasteiger partial charge on any atom is -0.463 e. The molecule has 178 valence electrons. The minimum absolute atomic E-state index is 0.107. The molecule has 3 heterocycles. The van der Waals surface area contributed by atoms with Crippen LogP contribution in [0.3, 0.4) is 0 Å². The summed E-state index contributed by atoms with van der Waals surface area (Å²) in [5.41, 5.74) is 1.59. The Morgan fingerprint density at radius 2 is 1.97 bits per heavy atom. The van der Waals surface area contributed by atoms with Gasteiger partial charge >= 0.3 is 0 Å². The smallest absolute Gasteiger partial charge is 0.277 e. The summed E-state index contributed by atoms with van der Waals surface area (Å²) in [5.74, 6) is -0.605. The molecule has 1 N–H and O–H groups in total. The number of fused-ring (bicyclic) bond motifs is 1. The van der Waals surface area contributed by atoms with E-state index in [4.69, 9.17) is 16.0 Å². The van der Waals surface area contributed by atoms with Crippen molar-refractivity contribution in [1.29, 1.82) is 0 Å². The van der Waals surface area contributed by atoms with Crippen molar-refractivity contribution in [3.63, 3.8) is 0 Å². The predicted molar refractivity (Wildman–Crippen MR) is 130 cm³/mol. The highest BCUT2D eigenvalue weighted by Gasteiger charge is 2.49. The monoisotopic (exact) mass is 492 g/mol. The molecule has 0 aliphatic carbocycles. The van der Waals surface area contributed by atoms with Crippen LogP contribution in [0.15, 0.2) is 71.3 Å². The molecule has 5 rings (SSSR count). The summed E-state index contributed by atoms with van der Waals surface area (Å²) in [4.78, 5) is 28.9. The summed E-state index contributed by atoms with van der Waals surface area (Å²) in [7, 11) is 0. The van der Waals surface area contributed by atoms with Crippen molar-refractivity contribution >= 4 is 29.1 Å². The van der Waals surface area contributed by atoms with Crippen molar-refractivity contribution in [2.24, 2.45) is 0 Å². The van der Waals surface area contributed by atoms with E-state index in [-0.39, 0.29) is 30.7 Å². The van der Waals surface area contributed by atoms with E-state index in [1.54, 1.807) is 49.4 Å². The molecule has 35 heavy (non-hydrogen) atoms. The zero-order chi connectivity index (χ0) is 24.7. The summed E-state index contributed by atoms with van der Waals surface area (Å²) in [5, 5.41) is 7.92. The van der Waals surface area contributed by atoms with Crippen molar-refractivity contribution in [2.75, 3.05) is 4.90 Å². The van der Waals surface area contributed by atoms with Crippen molar-refractivity contribution < 1.29 is 18.4 Å². The van der Waals surface area contributed by atoms with Gasteiger partial charge in [-0.1, -0.05) is 29.8 Å². The Bertz CT molecular complexity index is 1420. The molecule has 2 aromatic heterocycles. The molecule has 1 aliphatic rings. The van der Waals surface area contributed by atoms with Crippen LogP contribution in [0.2, 0.25) is 5.02 Å². The number of carbonyl (C=O) groups is 2. The number of hydrogen-bond acceptors (Lipinski definition) is 4. The zero-order valence-electron chi connectivity index (χ0n) is 19.1. The number of nitrogens with one attached hydrogen (secondary N) is 1. The maximum absolute atomic E-state index is 13.8. The van der Waals surface area contributed by atoms with Gasteiger partial charge in [-0.2, -0.15) is 5.10 Å². The molecular formula is C26H22ClFN4O3. The van der Waals surface area contributed by atoms with Crippen molar-refractivity contribution in [3.05, 3.63) is 94.6 Å². The fraction of sp³-hybridized carbons (Fsp3) is 0.192. The molecule has 0 saturated carbocycles. The van der Waals surface area contributed by atoms with Gasteiger partial charge in [-0.05, 0) is 61.4 Å². The zero-order valence-corrected chi connectivity index (χ0v) is 19.8. The lowest BCUT2D eigenvalue weighted by atomic mass is 9.93. The molecule has 1 atom stereocenters. The summed E-state index contributed by atoms with van der Waals surface area (Å²) in [6.45, 7) is 3.84. The number of anilines is 1. The number of rotatable bonds is 5. The Morgan fingerprint density at radius 1 is 1.20 bits per heavy atom. The fourth-order valence-corrected chi connectivity index (χ4v) is 4.40. The number of hydrogen-bond donors (Lipinski definition) is 1. The fourth-order valence-electron chi connectivity index (χ4n) is 4.23. The second-order valence-corrected chi connectivity index (χ2v) is 9.11. The second kappa shape index (κ2) is 8.70. The first-order valence-electron chi connectivity index (χ1n) is 11.0. The van der Waals surface area contributed by atoms with Crippen LogP contribution in [0.5, 0.6) is 0 Å². The molecule has 0 radical (unpaired) electrons. The molecule has 9 heteroatoms. The quantitative estimate of drug-likeness (QED) is 0.426. The first kappa shape index (κ1) is 22.9. The summed E-state index contributed by atoms with van der Waals surface area (Å²) in [6.07, 6.45) is 1.53. The van der Waals surface area contributed by atoms with Crippen molar-refractivity contribution in [2.45, 2.75) is 32.5 Å². The molecule has 0 fully saturated rings. The van der Waals surface area contributed by atoms with E-state index in [1.807, 2.05) is 13.0 Å². The van der Waals surface area contributed by atoms with Gasteiger partial charge < -0.3 is 9.73 Å². The van der Waals surface area contributed by atoms with Crippen molar-refractivity contribution in [1.82, 2.24) is 15.1 Å². The number of benzene rings is 2. The number of aryl methyl sites for hydroxylation is 1. The van der Waals surface area contributed by atoms with Gasteiger partial charge in [0.25, 0.3) is 5.91 Å². The number of halogens is 2. The number of aromatic nitrogens is 2. The lowest BCUT2D eigenvalue weighted by Gasteiger charge is -2.43. The van der Waals surface area contributed by atoms with E-state index in [0.717, 1.165) is 11.1 Å². The third kappa shape index (κ3) is 4.10. The van der Waals surface area contributed by atoms with Gasteiger partial charge in [-0.3, -0.25) is 19.2 Å². The van der Waals surface area contributed by atoms with Crippen LogP contribution in [0.25, 0.3) is 11.5 Å². The Balaban J connectivity index is 1.54. The Hall–Kier alpha value is -3.91. The largest absolute Gasteiger partial charge is 0.463 e. The molecule has 2 aromatic carbocycles. The third-order valence-electron chi connectivity index (χ3n) is 6.20. The maximum atomic E-state index is 13.8. The van der Waals surface area contributed by atoms with Gasteiger partial charge in [0.1, 0.15) is 22.7 Å². The van der Waals surface area contributed by atoms with Gasteiger partial charge in [0.2, 0.25) is 5.91 Å². The number of nitrogens with zero attached hydrogens (tertiary/aromatic N) is 3. The molecule has 1 aliphatic heterocycles. The van der Waals surface area contributed by atoms with E-state index in [9.17, 15) is 14.0 Å². The summed E-state index contributed by atoms with van der Waals surface area (Å²) >= 11 is 6.38. The molecule has 0 bridgehead atoms. The highest BCUT2D eigenvalue weighted by molar-refractivity contribution is 6.31. The molecular weight excluding hydrogens is 471 g/mol. The van der Waals surface area contributed by atoms with E-state index in [1.165, 1.54) is 28.0 Å². The first-order valence-corrected chi connectivity index (χ1v) is 11.4. The second-order valence-electron chi connectivity index (χ2n) is 8.71. The molecule has 7 nitrogen and oxygen atoms in total.